The molecule has 9 nitrogen and oxygen atoms in total. The standard InChI is InChI=1S/C30H31BN8O/c1-19(2)37(4)28-15-21-22(24(34-28)16-31(3)18-32)17-38(30(21)40)26-13-8-11-23(33-26)29-36-35-27-14-7-10-20-9-5-6-12-25(20)39(27)29/h5-6,8-9,11-13,15,19H,7,10,14,16-17H2,1-4H3. The highest BCUT2D eigenvalue weighted by Gasteiger charge is 2.34. The molecule has 0 aliphatic carbocycles. The lowest BCUT2D eigenvalue weighted by molar-refractivity contribution is 0.0996. The zero-order valence-corrected chi connectivity index (χ0v) is 23.3. The van der Waals surface area contributed by atoms with Crippen molar-refractivity contribution in [1.82, 2.24) is 24.7 Å². The molecule has 10 heteroatoms. The van der Waals surface area contributed by atoms with Crippen molar-refractivity contribution in [2.45, 2.75) is 58.8 Å². The van der Waals surface area contributed by atoms with Gasteiger partial charge in [-0.2, -0.15) is 0 Å². The lowest BCUT2D eigenvalue weighted by Crippen LogP contribution is -2.27. The Bertz CT molecular complexity index is 1660. The number of carbonyl (C=O) groups excluding carboxylic acids is 1. The summed E-state index contributed by atoms with van der Waals surface area (Å²) in [4.78, 5) is 27.4. The summed E-state index contributed by atoms with van der Waals surface area (Å²) in [6.07, 6.45) is 3.32. The van der Waals surface area contributed by atoms with Crippen molar-refractivity contribution in [1.29, 1.82) is 5.26 Å². The van der Waals surface area contributed by atoms with E-state index in [0.717, 1.165) is 47.8 Å². The van der Waals surface area contributed by atoms with Crippen LogP contribution in [-0.4, -0.2) is 50.4 Å². The van der Waals surface area contributed by atoms with E-state index in [1.807, 2.05) is 49.1 Å². The third kappa shape index (κ3) is 4.41. The van der Waals surface area contributed by atoms with Gasteiger partial charge in [-0.1, -0.05) is 31.1 Å². The van der Waals surface area contributed by atoms with E-state index in [4.69, 9.17) is 9.97 Å². The Hall–Kier alpha value is -4.52. The highest BCUT2D eigenvalue weighted by atomic mass is 16.2. The zero-order valence-electron chi connectivity index (χ0n) is 23.3. The molecular formula is C30H31BN8O. The van der Waals surface area contributed by atoms with Gasteiger partial charge >= 0.3 is 0 Å². The Morgan fingerprint density at radius 3 is 2.73 bits per heavy atom. The van der Waals surface area contributed by atoms with E-state index in [1.54, 1.807) is 4.90 Å². The van der Waals surface area contributed by atoms with Crippen LogP contribution < -0.4 is 9.80 Å². The number of anilines is 2. The van der Waals surface area contributed by atoms with E-state index >= 15 is 0 Å². The molecule has 2 aliphatic rings. The number of para-hydroxylation sites is 1. The second kappa shape index (κ2) is 10.2. The predicted molar refractivity (Wildman–Crippen MR) is 156 cm³/mol. The maximum atomic E-state index is 13.8. The number of aryl methyl sites for hydroxylation is 2. The average Bonchev–Trinajstić information content (AvgIpc) is 3.48. The van der Waals surface area contributed by atoms with Crippen molar-refractivity contribution in [2.75, 3.05) is 16.8 Å². The topological polar surface area (TPSA) is 104 Å². The SMILES string of the molecule is CB(C#N)Cc1nc(N(C)C(C)C)cc2c1CN(c1cccc(-c3nnc4n3-c3ccccc3CCC4)n1)C2=O. The number of rotatable bonds is 6. The van der Waals surface area contributed by atoms with E-state index in [0.29, 0.717) is 35.8 Å². The van der Waals surface area contributed by atoms with Gasteiger partial charge in [-0.05, 0) is 62.8 Å². The van der Waals surface area contributed by atoms with Crippen molar-refractivity contribution >= 4 is 24.3 Å². The van der Waals surface area contributed by atoms with Gasteiger partial charge in [0.05, 0.1) is 17.8 Å². The fraction of sp³-hybridized carbons (Fsp3) is 0.333. The van der Waals surface area contributed by atoms with Crippen LogP contribution in [0.2, 0.25) is 6.82 Å². The summed E-state index contributed by atoms with van der Waals surface area (Å²) < 4.78 is 2.11. The van der Waals surface area contributed by atoms with E-state index in [-0.39, 0.29) is 18.7 Å². The Balaban J connectivity index is 1.40. The minimum atomic E-state index is -0.215. The second-order valence-electron chi connectivity index (χ2n) is 10.9. The van der Waals surface area contributed by atoms with Gasteiger partial charge in [0.1, 0.15) is 23.2 Å². The molecule has 0 N–H and O–H groups in total. The van der Waals surface area contributed by atoms with Crippen molar-refractivity contribution in [3.8, 4) is 23.2 Å². The zero-order chi connectivity index (χ0) is 28.0. The maximum absolute atomic E-state index is 13.8. The third-order valence-electron chi connectivity index (χ3n) is 7.89. The molecule has 0 saturated carbocycles. The molecule has 1 amide bonds. The van der Waals surface area contributed by atoms with Crippen molar-refractivity contribution in [3.05, 3.63) is 76.7 Å². The minimum absolute atomic E-state index is 0.114. The Kier molecular flexibility index (Phi) is 6.58. The molecule has 0 spiro atoms. The van der Waals surface area contributed by atoms with Gasteiger partial charge in [0.25, 0.3) is 12.6 Å². The van der Waals surface area contributed by atoms with Crippen LogP contribution in [0.25, 0.3) is 17.2 Å². The fourth-order valence-electron chi connectivity index (χ4n) is 5.46. The third-order valence-corrected chi connectivity index (χ3v) is 7.89. The predicted octanol–water partition coefficient (Wildman–Crippen LogP) is 4.49. The number of hydrogen-bond acceptors (Lipinski definition) is 7. The number of amides is 1. The summed E-state index contributed by atoms with van der Waals surface area (Å²) in [7, 11) is 1.97. The summed E-state index contributed by atoms with van der Waals surface area (Å²) in [5.74, 6) is 5.07. The van der Waals surface area contributed by atoms with Crippen LogP contribution in [0.5, 0.6) is 0 Å². The van der Waals surface area contributed by atoms with Gasteiger partial charge in [-0.3, -0.25) is 14.3 Å². The first-order valence-electron chi connectivity index (χ1n) is 13.8. The minimum Gasteiger partial charge on any atom is -0.357 e. The number of carbonyl (C=O) groups is 1. The van der Waals surface area contributed by atoms with Gasteiger partial charge in [0, 0.05) is 36.7 Å². The first-order chi connectivity index (χ1) is 19.4. The number of hydrogen-bond donors (Lipinski definition) is 0. The number of fused-ring (bicyclic) bond motifs is 4. The Morgan fingerprint density at radius 2 is 1.93 bits per heavy atom. The molecule has 0 saturated heterocycles. The molecule has 0 radical (unpaired) electrons. The van der Waals surface area contributed by atoms with Crippen LogP contribution in [-0.2, 0) is 25.7 Å². The van der Waals surface area contributed by atoms with E-state index in [2.05, 4.69) is 52.8 Å². The molecule has 2 aliphatic heterocycles. The summed E-state index contributed by atoms with van der Waals surface area (Å²) in [5.41, 5.74) is 5.28. The number of benzene rings is 1. The molecule has 40 heavy (non-hydrogen) atoms. The maximum Gasteiger partial charge on any atom is 0.270 e. The average molecular weight is 530 g/mol. The molecule has 0 bridgehead atoms. The summed E-state index contributed by atoms with van der Waals surface area (Å²) >= 11 is 0. The lowest BCUT2D eigenvalue weighted by atomic mass is 9.50. The van der Waals surface area contributed by atoms with Gasteiger partial charge in [0.15, 0.2) is 5.82 Å². The smallest absolute Gasteiger partial charge is 0.270 e. The van der Waals surface area contributed by atoms with E-state index in [1.165, 1.54) is 5.56 Å². The van der Waals surface area contributed by atoms with E-state index in [9.17, 15) is 10.1 Å². The molecular weight excluding hydrogens is 499 g/mol. The van der Waals surface area contributed by atoms with Crippen LogP contribution in [0.4, 0.5) is 11.6 Å². The number of pyridine rings is 2. The second-order valence-corrected chi connectivity index (χ2v) is 10.9. The van der Waals surface area contributed by atoms with Crippen LogP contribution in [0.1, 0.15) is 53.3 Å². The Morgan fingerprint density at radius 1 is 1.10 bits per heavy atom. The number of nitriles is 1. The molecule has 0 fully saturated rings. The fourth-order valence-corrected chi connectivity index (χ4v) is 5.46. The van der Waals surface area contributed by atoms with Crippen molar-refractivity contribution in [3.63, 3.8) is 0 Å². The molecule has 6 rings (SSSR count). The van der Waals surface area contributed by atoms with Crippen LogP contribution in [0.15, 0.2) is 48.5 Å². The first-order valence-corrected chi connectivity index (χ1v) is 13.8. The van der Waals surface area contributed by atoms with Gasteiger partial charge < -0.3 is 4.90 Å². The van der Waals surface area contributed by atoms with Crippen LogP contribution in [0, 0.1) is 11.2 Å². The van der Waals surface area contributed by atoms with Gasteiger partial charge in [-0.15, -0.1) is 10.2 Å². The van der Waals surface area contributed by atoms with Crippen LogP contribution >= 0.6 is 0 Å². The highest BCUT2D eigenvalue weighted by molar-refractivity contribution is 6.64. The molecule has 4 aromatic rings. The summed E-state index contributed by atoms with van der Waals surface area (Å²) in [5, 5.41) is 18.5. The van der Waals surface area contributed by atoms with Crippen molar-refractivity contribution in [2.24, 2.45) is 0 Å². The molecule has 0 unspecified atom stereocenters. The van der Waals surface area contributed by atoms with Crippen molar-refractivity contribution < 1.29 is 4.79 Å². The normalized spacial score (nSPS) is 13.9. The van der Waals surface area contributed by atoms with Gasteiger partial charge in [0.2, 0.25) is 0 Å². The number of nitrogens with zero attached hydrogens (tertiary/aromatic N) is 8. The first kappa shape index (κ1) is 25.7. The Labute approximate surface area is 234 Å². The molecule has 200 valence electrons. The monoisotopic (exact) mass is 530 g/mol. The summed E-state index contributed by atoms with van der Waals surface area (Å²) in [6.45, 7) is 6.19. The largest absolute Gasteiger partial charge is 0.357 e. The number of aromatic nitrogens is 5. The summed E-state index contributed by atoms with van der Waals surface area (Å²) in [6, 6.07) is 16.1. The molecule has 1 aromatic carbocycles. The molecule has 3 aromatic heterocycles. The quantitative estimate of drug-likeness (QED) is 0.339. The molecule has 5 heterocycles. The van der Waals surface area contributed by atoms with E-state index < -0.39 is 0 Å². The van der Waals surface area contributed by atoms with Gasteiger partial charge in [-0.25, -0.2) is 15.2 Å². The highest BCUT2D eigenvalue weighted by Crippen LogP contribution is 2.34. The lowest BCUT2D eigenvalue weighted by Gasteiger charge is -2.24. The van der Waals surface area contributed by atoms with Crippen LogP contribution in [0.3, 0.4) is 0 Å². The molecule has 0 atom stereocenters.